The van der Waals surface area contributed by atoms with Crippen LogP contribution in [0, 0.1) is 47.2 Å². The first-order valence-corrected chi connectivity index (χ1v) is 8.39. The normalized spacial score (nSPS) is 6.53. The van der Waals surface area contributed by atoms with Crippen LogP contribution < -0.4 is 22.1 Å². The molecule has 34 heavy (non-hydrogen) atoms. The number of carboxylic acid groups (broad SMARTS) is 1. The molecule has 1 radical (unpaired) electrons. The molecule has 0 bridgehead atoms. The minimum absolute atomic E-state index is 0. The Morgan fingerprint density at radius 1 is 0.971 bits per heavy atom. The van der Waals surface area contributed by atoms with Gasteiger partial charge in [-0.3, -0.25) is 19.2 Å². The number of esters is 1. The molecule has 0 saturated heterocycles. The fourth-order valence-corrected chi connectivity index (χ4v) is 0.102. The zero-order valence-electron chi connectivity index (χ0n) is 21.0. The monoisotopic (exact) mass is 631 g/mol. The maximum atomic E-state index is 9.85. The number of amides is 5. The van der Waals surface area contributed by atoms with Crippen LogP contribution in [0.5, 0.6) is 0 Å². The van der Waals surface area contributed by atoms with Crippen molar-refractivity contribution in [2.45, 2.75) is 27.7 Å². The molecular weight excluding hydrogens is 591 g/mol. The fourth-order valence-electron chi connectivity index (χ4n) is 0.102. The molecule has 0 spiro atoms. The predicted molar refractivity (Wildman–Crippen MR) is 121 cm³/mol. The third kappa shape index (κ3) is 273. The van der Waals surface area contributed by atoms with E-state index in [1.165, 1.54) is 42.2 Å². The fraction of sp³-hybridized carbons (Fsp3) is 0.588. The molecule has 0 atom stereocenters. The third-order valence-corrected chi connectivity index (χ3v) is 1.42. The van der Waals surface area contributed by atoms with Crippen LogP contribution in [0.3, 0.4) is 0 Å². The molecule has 17 heteroatoms. The van der Waals surface area contributed by atoms with Crippen molar-refractivity contribution in [3.63, 3.8) is 0 Å². The molecule has 8 N–H and O–H groups in total. The maximum Gasteiger partial charge on any atom is 0.406 e. The average Bonchev–Trinajstić information content (AvgIpc) is 2.73. The van der Waals surface area contributed by atoms with Crippen molar-refractivity contribution in [3.8, 4) is 0 Å². The largest absolute Gasteiger partial charge is 0.668 e. The SMILES string of the molecule is CC(C)C([NH-])=O.CC(N)=O.CNC(=O)OC.CNC=O.COC(C)=O.COC=O.NC(=O)O.[HH].[Pr]. The third-order valence-electron chi connectivity index (χ3n) is 1.42. The van der Waals surface area contributed by atoms with Crippen LogP contribution in [-0.4, -0.2) is 83.4 Å². The van der Waals surface area contributed by atoms with Crippen molar-refractivity contribution in [2.24, 2.45) is 17.4 Å². The molecular formula is C17H40N5O11Pr-. The number of carbonyl (C=O) groups is 7. The van der Waals surface area contributed by atoms with Crippen molar-refractivity contribution in [3.05, 3.63) is 5.73 Å². The van der Waals surface area contributed by atoms with E-state index < -0.39 is 18.1 Å². The van der Waals surface area contributed by atoms with Gasteiger partial charge in [0.2, 0.25) is 12.3 Å². The van der Waals surface area contributed by atoms with E-state index >= 15 is 0 Å². The van der Waals surface area contributed by atoms with Crippen LogP contribution in [0.2, 0.25) is 0 Å². The Balaban J connectivity index is -0.0000000321. The van der Waals surface area contributed by atoms with Gasteiger partial charge >= 0.3 is 18.2 Å². The zero-order valence-corrected chi connectivity index (χ0v) is 24.7. The zero-order chi connectivity index (χ0) is 28.4. The molecule has 0 rings (SSSR count). The number of nitrogens with two attached hydrogens (primary N) is 2. The van der Waals surface area contributed by atoms with Crippen LogP contribution in [0.15, 0.2) is 0 Å². The van der Waals surface area contributed by atoms with Gasteiger partial charge in [0.15, 0.2) is 0 Å². The van der Waals surface area contributed by atoms with E-state index in [1.54, 1.807) is 20.9 Å². The van der Waals surface area contributed by atoms with Crippen molar-refractivity contribution in [1.29, 1.82) is 0 Å². The average molecular weight is 631 g/mol. The second kappa shape index (κ2) is 52.3. The Kier molecular flexibility index (Phi) is 81.3. The van der Waals surface area contributed by atoms with Gasteiger partial charge in [0.1, 0.15) is 0 Å². The number of methoxy groups -OCH3 is 3. The first-order valence-electron chi connectivity index (χ1n) is 8.39. The first-order chi connectivity index (χ1) is 15.0. The number of nitrogens with one attached hydrogen (secondary N) is 3. The number of carbonyl (C=O) groups excluding carboxylic acids is 6. The quantitative estimate of drug-likeness (QED) is 0.156. The summed E-state index contributed by atoms with van der Waals surface area (Å²) in [5, 5.41) is 11.7. The molecule has 0 aromatic heterocycles. The van der Waals surface area contributed by atoms with E-state index in [2.05, 4.69) is 36.3 Å². The van der Waals surface area contributed by atoms with Gasteiger partial charge in [-0.1, -0.05) is 13.8 Å². The van der Waals surface area contributed by atoms with Gasteiger partial charge in [0.05, 0.1) is 27.2 Å². The summed E-state index contributed by atoms with van der Waals surface area (Å²) in [4.78, 5) is 65.3. The predicted octanol–water partition coefficient (Wildman–Crippen LogP) is -0.115. The van der Waals surface area contributed by atoms with Gasteiger partial charge < -0.3 is 51.9 Å². The molecule has 0 fully saturated rings. The van der Waals surface area contributed by atoms with Crippen LogP contribution in [-0.2, 0) is 38.2 Å². The molecule has 0 aromatic rings. The number of alkyl carbamates (subject to hydrolysis) is 1. The molecule has 0 aliphatic carbocycles. The standard InChI is InChI=1S/C4H9NO.C3H7NO2.C3H6O2.2C2H5NO.C2H4O2.CH3NO2.Pr.H2/c1-3(2)4(5)6;1-4-3(5)6-2;1-3(4)5-2;1-3-2-4;1-2(3)4;1-4-2-3;2-1(3)4;;/h3H,1-2H3,(H2,5,6);1-2H3,(H,4,5);1-2H3;2H,1H3,(H,3,4);1H3,(H2,3,4);2H,1H3;2H2,(H,3,4);;1H/p-1. The minimum atomic E-state index is -1.33. The molecule has 5 amide bonds. The number of hydrogen-bond donors (Lipinski definition) is 5. The molecule has 0 aliphatic rings. The Morgan fingerprint density at radius 2 is 1.18 bits per heavy atom. The van der Waals surface area contributed by atoms with E-state index in [-0.39, 0.29) is 60.5 Å². The Labute approximate surface area is 234 Å². The second-order valence-corrected chi connectivity index (χ2v) is 4.64. The van der Waals surface area contributed by atoms with Gasteiger partial charge in [-0.05, 0) is 5.92 Å². The number of hydrogen-bond acceptors (Lipinski definition) is 10. The molecule has 0 aliphatic heterocycles. The molecule has 0 aromatic carbocycles. The van der Waals surface area contributed by atoms with Gasteiger partial charge in [-0.15, -0.1) is 0 Å². The minimum Gasteiger partial charge on any atom is -0.668 e. The summed E-state index contributed by atoms with van der Waals surface area (Å²) in [7, 11) is 7.05. The smallest absolute Gasteiger partial charge is 0.406 e. The van der Waals surface area contributed by atoms with E-state index in [0.717, 1.165) is 0 Å². The van der Waals surface area contributed by atoms with E-state index in [0.29, 0.717) is 12.9 Å². The van der Waals surface area contributed by atoms with Gasteiger partial charge in [-0.25, -0.2) is 9.59 Å². The molecule has 0 unspecified atom stereocenters. The van der Waals surface area contributed by atoms with E-state index in [9.17, 15) is 19.2 Å². The van der Waals surface area contributed by atoms with Crippen LogP contribution >= 0.6 is 0 Å². The summed E-state index contributed by atoms with van der Waals surface area (Å²) >= 11 is 0. The molecule has 0 saturated carbocycles. The van der Waals surface area contributed by atoms with Crippen molar-refractivity contribution < 1.29 is 95.6 Å². The van der Waals surface area contributed by atoms with Crippen LogP contribution in [0.4, 0.5) is 9.59 Å². The topological polar surface area (TPSA) is 267 Å². The summed E-state index contributed by atoms with van der Waals surface area (Å²) < 4.78 is 12.1. The van der Waals surface area contributed by atoms with Crippen LogP contribution in [0.25, 0.3) is 5.73 Å². The molecule has 16 nitrogen and oxygen atoms in total. The van der Waals surface area contributed by atoms with Gasteiger partial charge in [-0.2, -0.15) is 0 Å². The van der Waals surface area contributed by atoms with Gasteiger partial charge in [0.25, 0.3) is 6.47 Å². The summed E-state index contributed by atoms with van der Waals surface area (Å²) in [6.45, 7) is 6.45. The molecule has 203 valence electrons. The molecule has 0 heterocycles. The van der Waals surface area contributed by atoms with E-state index in [4.69, 9.17) is 25.2 Å². The van der Waals surface area contributed by atoms with Crippen molar-refractivity contribution in [1.82, 2.24) is 10.6 Å². The number of primary amides is 2. The van der Waals surface area contributed by atoms with E-state index in [1.807, 2.05) is 0 Å². The number of ether oxygens (including phenoxy) is 3. The van der Waals surface area contributed by atoms with Crippen LogP contribution in [0.1, 0.15) is 29.1 Å². The second-order valence-electron chi connectivity index (χ2n) is 4.64. The van der Waals surface area contributed by atoms with Gasteiger partial charge in [0, 0.05) is 70.7 Å². The summed E-state index contributed by atoms with van der Waals surface area (Å²) in [6.07, 6.45) is -1.12. The maximum absolute atomic E-state index is 9.85. The first kappa shape index (κ1) is 52.9. The summed E-state index contributed by atoms with van der Waals surface area (Å²) in [5.41, 5.74) is 14.9. The Bertz CT molecular complexity index is 479. The Morgan fingerprint density at radius 3 is 1.18 bits per heavy atom. The number of rotatable bonds is 3. The summed E-state index contributed by atoms with van der Waals surface area (Å²) in [5.74, 6) is -1.19. The Hall–Kier alpha value is -2.75. The van der Waals surface area contributed by atoms with Crippen molar-refractivity contribution >= 4 is 42.9 Å². The summed E-state index contributed by atoms with van der Waals surface area (Å²) in [6, 6.07) is 0. The van der Waals surface area contributed by atoms with Crippen molar-refractivity contribution in [2.75, 3.05) is 35.4 Å².